The molecule has 1 spiro atoms. The van der Waals surface area contributed by atoms with E-state index in [-0.39, 0.29) is 34.7 Å². The summed E-state index contributed by atoms with van der Waals surface area (Å²) in [5.74, 6) is -0.300. The molecule has 35 heavy (non-hydrogen) atoms. The first-order valence-electron chi connectivity index (χ1n) is 12.7. The van der Waals surface area contributed by atoms with Crippen molar-refractivity contribution in [2.75, 3.05) is 11.6 Å². The Kier molecular flexibility index (Phi) is 6.12. The second-order valence-corrected chi connectivity index (χ2v) is 13.5. The largest absolute Gasteiger partial charge is 0.346 e. The summed E-state index contributed by atoms with van der Waals surface area (Å²) in [6.45, 7) is 6.33. The van der Waals surface area contributed by atoms with Crippen LogP contribution in [0.1, 0.15) is 65.7 Å². The molecule has 2 saturated heterocycles. The van der Waals surface area contributed by atoms with Gasteiger partial charge in [-0.25, -0.2) is 18.6 Å². The molecule has 1 aromatic carbocycles. The van der Waals surface area contributed by atoms with Crippen LogP contribution < -0.4 is 5.32 Å². The maximum atomic E-state index is 12.8. The molecule has 5 rings (SSSR count). The minimum Gasteiger partial charge on any atom is -0.346 e. The normalized spacial score (nSPS) is 42.4. The maximum Gasteiger partial charge on any atom is 0.224 e. The average molecular weight is 508 g/mol. The van der Waals surface area contributed by atoms with Gasteiger partial charge in [0.2, 0.25) is 11.7 Å². The van der Waals surface area contributed by atoms with Crippen LogP contribution in [0.2, 0.25) is 0 Å². The number of nitrogens with one attached hydrogen (secondary N) is 1. The molecule has 4 fully saturated rings. The molecule has 2 saturated carbocycles. The Balaban J connectivity index is 1.31. The summed E-state index contributed by atoms with van der Waals surface area (Å²) in [7, 11) is -3.35. The molecule has 1 aromatic rings. The highest BCUT2D eigenvalue weighted by Crippen LogP contribution is 2.78. The summed E-state index contributed by atoms with van der Waals surface area (Å²) in [5, 5.41) is 12.5. The van der Waals surface area contributed by atoms with Crippen molar-refractivity contribution in [3.8, 4) is 0 Å². The van der Waals surface area contributed by atoms with E-state index in [1.54, 1.807) is 19.1 Å². The minimum absolute atomic E-state index is 0.0504. The van der Waals surface area contributed by atoms with Crippen LogP contribution in [0.4, 0.5) is 5.69 Å². The molecule has 8 unspecified atom stereocenters. The molecular formula is C26H37NO7S. The van der Waals surface area contributed by atoms with Gasteiger partial charge >= 0.3 is 0 Å². The number of sulfone groups is 1. The monoisotopic (exact) mass is 507 g/mol. The van der Waals surface area contributed by atoms with Gasteiger partial charge in [-0.05, 0) is 68.1 Å². The molecule has 9 heteroatoms. The summed E-state index contributed by atoms with van der Waals surface area (Å²) >= 11 is 0. The van der Waals surface area contributed by atoms with E-state index in [1.807, 2.05) is 0 Å². The van der Waals surface area contributed by atoms with E-state index in [1.165, 1.54) is 12.1 Å². The van der Waals surface area contributed by atoms with Crippen LogP contribution in [0.25, 0.3) is 0 Å². The molecule has 0 radical (unpaired) electrons. The number of hydrogen-bond acceptors (Lipinski definition) is 7. The van der Waals surface area contributed by atoms with Crippen molar-refractivity contribution in [1.29, 1.82) is 0 Å². The number of carbonyl (C=O) groups excluding carboxylic acids is 1. The third-order valence-electron chi connectivity index (χ3n) is 9.30. The SMILES string of the molecule is CC1CCC2C(C)C(CCC(=O)Nc3cccc(S(C)(=O)=O)c3)OC34CC23C1CCC(C)(OO)O4. The van der Waals surface area contributed by atoms with Crippen molar-refractivity contribution in [1.82, 2.24) is 0 Å². The Morgan fingerprint density at radius 3 is 2.71 bits per heavy atom. The van der Waals surface area contributed by atoms with E-state index in [0.717, 1.165) is 31.9 Å². The van der Waals surface area contributed by atoms with Gasteiger partial charge in [0.05, 0.1) is 11.0 Å². The van der Waals surface area contributed by atoms with Crippen LogP contribution in [0.15, 0.2) is 29.2 Å². The van der Waals surface area contributed by atoms with E-state index in [9.17, 15) is 18.5 Å². The van der Waals surface area contributed by atoms with Crippen molar-refractivity contribution in [3.05, 3.63) is 24.3 Å². The zero-order valence-electron chi connectivity index (χ0n) is 21.0. The molecule has 2 aliphatic carbocycles. The fraction of sp³-hybridized carbons (Fsp3) is 0.731. The van der Waals surface area contributed by atoms with Gasteiger partial charge in [-0.1, -0.05) is 26.3 Å². The number of carbonyl (C=O) groups is 1. The molecular weight excluding hydrogens is 470 g/mol. The van der Waals surface area contributed by atoms with Gasteiger partial charge in [-0.3, -0.25) is 4.79 Å². The van der Waals surface area contributed by atoms with Gasteiger partial charge in [0.25, 0.3) is 0 Å². The fourth-order valence-corrected chi connectivity index (χ4v) is 8.22. The van der Waals surface area contributed by atoms with Crippen molar-refractivity contribution < 1.29 is 32.8 Å². The van der Waals surface area contributed by atoms with Crippen molar-refractivity contribution in [2.24, 2.45) is 29.1 Å². The molecule has 8 nitrogen and oxygen atoms in total. The summed E-state index contributed by atoms with van der Waals surface area (Å²) in [4.78, 5) is 17.8. The molecule has 8 atom stereocenters. The Morgan fingerprint density at radius 1 is 1.23 bits per heavy atom. The second kappa shape index (κ2) is 8.52. The highest BCUT2D eigenvalue weighted by Gasteiger charge is 2.83. The number of benzene rings is 1. The van der Waals surface area contributed by atoms with Gasteiger partial charge in [0.15, 0.2) is 15.6 Å². The van der Waals surface area contributed by atoms with Crippen molar-refractivity contribution in [2.45, 2.75) is 88.3 Å². The first-order valence-corrected chi connectivity index (χ1v) is 14.6. The minimum atomic E-state index is -3.35. The molecule has 4 aliphatic rings. The zero-order valence-corrected chi connectivity index (χ0v) is 21.8. The van der Waals surface area contributed by atoms with Crippen LogP contribution in [0, 0.1) is 29.1 Å². The molecule has 194 valence electrons. The van der Waals surface area contributed by atoms with Crippen LogP contribution in [-0.2, 0) is 29.0 Å². The number of rotatable bonds is 6. The first-order chi connectivity index (χ1) is 16.4. The second-order valence-electron chi connectivity index (χ2n) is 11.5. The Bertz CT molecular complexity index is 1110. The van der Waals surface area contributed by atoms with Crippen LogP contribution >= 0.6 is 0 Å². The molecule has 2 N–H and O–H groups in total. The zero-order chi connectivity index (χ0) is 25.2. The lowest BCUT2D eigenvalue weighted by Gasteiger charge is -2.52. The van der Waals surface area contributed by atoms with E-state index < -0.39 is 21.4 Å². The molecule has 2 aliphatic heterocycles. The molecule has 0 bridgehead atoms. The van der Waals surface area contributed by atoms with E-state index in [0.29, 0.717) is 36.3 Å². The summed E-state index contributed by atoms with van der Waals surface area (Å²) in [5.41, 5.74) is 0.410. The van der Waals surface area contributed by atoms with Crippen LogP contribution in [-0.4, -0.2) is 43.5 Å². The van der Waals surface area contributed by atoms with E-state index in [4.69, 9.17) is 14.4 Å². The van der Waals surface area contributed by atoms with Gasteiger partial charge in [0.1, 0.15) is 0 Å². The van der Waals surface area contributed by atoms with Crippen LogP contribution in [0.3, 0.4) is 0 Å². The van der Waals surface area contributed by atoms with E-state index in [2.05, 4.69) is 19.2 Å². The third kappa shape index (κ3) is 4.13. The first kappa shape index (κ1) is 25.1. The van der Waals surface area contributed by atoms with E-state index >= 15 is 0 Å². The molecule has 2 heterocycles. The summed E-state index contributed by atoms with van der Waals surface area (Å²) < 4.78 is 36.8. The molecule has 1 amide bonds. The number of amides is 1. The van der Waals surface area contributed by atoms with Crippen LogP contribution in [0.5, 0.6) is 0 Å². The third-order valence-corrected chi connectivity index (χ3v) is 10.4. The summed E-state index contributed by atoms with van der Waals surface area (Å²) in [6, 6.07) is 6.29. The predicted molar refractivity (Wildman–Crippen MR) is 129 cm³/mol. The van der Waals surface area contributed by atoms with Gasteiger partial charge in [0, 0.05) is 36.6 Å². The lowest BCUT2D eigenvalue weighted by molar-refractivity contribution is -0.441. The highest BCUT2D eigenvalue weighted by molar-refractivity contribution is 7.90. The Morgan fingerprint density at radius 2 is 2.00 bits per heavy atom. The number of anilines is 1. The maximum absolute atomic E-state index is 12.8. The van der Waals surface area contributed by atoms with Crippen molar-refractivity contribution >= 4 is 21.4 Å². The fourth-order valence-electron chi connectivity index (χ4n) is 7.55. The molecule has 0 aromatic heterocycles. The smallest absolute Gasteiger partial charge is 0.224 e. The average Bonchev–Trinajstić information content (AvgIpc) is 3.44. The lowest BCUT2D eigenvalue weighted by Crippen LogP contribution is -2.54. The predicted octanol–water partition coefficient (Wildman–Crippen LogP) is 4.61. The van der Waals surface area contributed by atoms with Gasteiger partial charge < -0.3 is 14.8 Å². The summed E-state index contributed by atoms with van der Waals surface area (Å²) in [6.07, 6.45) is 6.42. The number of hydrogen-bond donors (Lipinski definition) is 2. The topological polar surface area (TPSA) is 111 Å². The number of ether oxygens (including phenoxy) is 2. The van der Waals surface area contributed by atoms with Gasteiger partial charge in [-0.2, -0.15) is 0 Å². The standard InChI is InChI=1S/C26H37NO7S/c1-16-8-9-21-17(2)22(10-11-23(28)27-18-6-5-7-19(14-18)35(4,30)31)32-26-15-25(21,26)20(16)12-13-24(3,33-26)34-29/h5-7,14,16-17,20-22,29H,8-13,15H2,1-4H3,(H,27,28). The lowest BCUT2D eigenvalue weighted by atomic mass is 9.58. The quantitative estimate of drug-likeness (QED) is 0.427. The van der Waals surface area contributed by atoms with Gasteiger partial charge in [-0.15, -0.1) is 0 Å². The van der Waals surface area contributed by atoms with Crippen molar-refractivity contribution in [3.63, 3.8) is 0 Å². The highest BCUT2D eigenvalue weighted by atomic mass is 32.2. The Hall–Kier alpha value is -1.52. The Labute approximate surface area is 207 Å².